The van der Waals surface area contributed by atoms with Crippen LogP contribution in [0.3, 0.4) is 0 Å². The molecule has 0 spiro atoms. The van der Waals surface area contributed by atoms with Gasteiger partial charge in [0.1, 0.15) is 0 Å². The molecule has 0 amide bonds. The van der Waals surface area contributed by atoms with Crippen molar-refractivity contribution in [1.82, 2.24) is 0 Å². The van der Waals surface area contributed by atoms with E-state index in [1.54, 1.807) is 0 Å². The fraction of sp³-hybridized carbons (Fsp3) is 0. The van der Waals surface area contributed by atoms with E-state index in [-0.39, 0.29) is 44.9 Å². The SMILES string of the molecule is [Al+3].[Al+3].[F-].[OH-]. The van der Waals surface area contributed by atoms with Crippen molar-refractivity contribution < 1.29 is 10.2 Å². The van der Waals surface area contributed by atoms with Gasteiger partial charge in [0.25, 0.3) is 0 Å². The van der Waals surface area contributed by atoms with E-state index in [4.69, 9.17) is 0 Å². The van der Waals surface area contributed by atoms with E-state index in [0.29, 0.717) is 0 Å². The first-order valence-electron chi connectivity index (χ1n) is 0. The zero-order chi connectivity index (χ0) is 0. The fourth-order valence-corrected chi connectivity index (χ4v) is 0. The van der Waals surface area contributed by atoms with Crippen molar-refractivity contribution in [3.63, 3.8) is 0 Å². The van der Waals surface area contributed by atoms with E-state index in [1.165, 1.54) is 0 Å². The van der Waals surface area contributed by atoms with Crippen molar-refractivity contribution in [2.45, 2.75) is 0 Å². The molecular formula is HAl2FO+4. The van der Waals surface area contributed by atoms with E-state index in [2.05, 4.69) is 0 Å². The zero-order valence-electron chi connectivity index (χ0n) is 1.98. The summed E-state index contributed by atoms with van der Waals surface area (Å²) in [5.74, 6) is 0. The summed E-state index contributed by atoms with van der Waals surface area (Å²) in [4.78, 5) is 0. The molecule has 0 saturated heterocycles. The summed E-state index contributed by atoms with van der Waals surface area (Å²) in [7, 11) is 0. The standard InChI is InChI=1S/2Al.FH.H2O/h;;1H;1H2/q2*+3;;/p-2. The molecule has 4 heteroatoms. The molecule has 0 aliphatic rings. The molecule has 0 aliphatic carbocycles. The summed E-state index contributed by atoms with van der Waals surface area (Å²) >= 11 is 0. The van der Waals surface area contributed by atoms with Gasteiger partial charge in [0.15, 0.2) is 0 Å². The maximum Gasteiger partial charge on any atom is 3.00 e. The van der Waals surface area contributed by atoms with Gasteiger partial charge < -0.3 is 10.2 Å². The van der Waals surface area contributed by atoms with E-state index in [1.807, 2.05) is 0 Å². The minimum Gasteiger partial charge on any atom is -1.00 e. The van der Waals surface area contributed by atoms with Crippen LogP contribution in [0.5, 0.6) is 0 Å². The quantitative estimate of drug-likeness (QED) is 0.279. The Kier molecular flexibility index (Phi) is 805. The molecule has 4 heavy (non-hydrogen) atoms. The van der Waals surface area contributed by atoms with E-state index in [9.17, 15) is 0 Å². The van der Waals surface area contributed by atoms with Crippen molar-refractivity contribution >= 4 is 34.7 Å². The maximum absolute atomic E-state index is 0. The molecule has 0 radical (unpaired) electrons. The molecule has 0 aromatic rings. The normalized spacial score (nSPS) is 0. The largest absolute Gasteiger partial charge is 3.00 e. The van der Waals surface area contributed by atoms with Gasteiger partial charge in [-0.15, -0.1) is 0 Å². The van der Waals surface area contributed by atoms with Crippen LogP contribution in [0.2, 0.25) is 0 Å². The maximum atomic E-state index is 0. The van der Waals surface area contributed by atoms with Crippen molar-refractivity contribution in [3.8, 4) is 0 Å². The molecule has 0 fully saturated rings. The first-order chi connectivity index (χ1) is 0. The molecule has 0 aliphatic heterocycles. The summed E-state index contributed by atoms with van der Waals surface area (Å²) in [5, 5.41) is 0. The Morgan fingerprint density at radius 1 is 0.750 bits per heavy atom. The van der Waals surface area contributed by atoms with Crippen LogP contribution in [-0.4, -0.2) is 40.2 Å². The summed E-state index contributed by atoms with van der Waals surface area (Å²) < 4.78 is 0. The third-order valence-electron chi connectivity index (χ3n) is 0. The average molecular weight is 90.0 g/mol. The molecular weight excluding hydrogens is 89.0 g/mol. The Morgan fingerprint density at radius 2 is 0.750 bits per heavy atom. The smallest absolute Gasteiger partial charge is 1.00 e. The number of rotatable bonds is 0. The molecule has 16 valence electrons. The van der Waals surface area contributed by atoms with Gasteiger partial charge in [0, 0.05) is 0 Å². The van der Waals surface area contributed by atoms with Crippen molar-refractivity contribution in [3.05, 3.63) is 0 Å². The Labute approximate surface area is 45.3 Å². The van der Waals surface area contributed by atoms with Crippen molar-refractivity contribution in [2.24, 2.45) is 0 Å². The predicted octanol–water partition coefficient (Wildman–Crippen LogP) is -3.93. The Morgan fingerprint density at radius 3 is 0.750 bits per heavy atom. The van der Waals surface area contributed by atoms with E-state index >= 15 is 0 Å². The summed E-state index contributed by atoms with van der Waals surface area (Å²) in [6.07, 6.45) is 0. The van der Waals surface area contributed by atoms with Crippen LogP contribution in [0, 0.1) is 0 Å². The molecule has 0 atom stereocenters. The summed E-state index contributed by atoms with van der Waals surface area (Å²) in [5.41, 5.74) is 0. The second kappa shape index (κ2) is 37.9. The van der Waals surface area contributed by atoms with Gasteiger partial charge in [0.2, 0.25) is 0 Å². The zero-order valence-corrected chi connectivity index (χ0v) is 4.29. The van der Waals surface area contributed by atoms with Crippen LogP contribution in [0.25, 0.3) is 0 Å². The molecule has 0 unspecified atom stereocenters. The predicted molar refractivity (Wildman–Crippen MR) is 13.4 cm³/mol. The van der Waals surface area contributed by atoms with E-state index in [0.717, 1.165) is 0 Å². The van der Waals surface area contributed by atoms with Gasteiger partial charge in [-0.25, -0.2) is 0 Å². The van der Waals surface area contributed by atoms with Gasteiger partial charge in [0.05, 0.1) is 0 Å². The molecule has 0 bridgehead atoms. The van der Waals surface area contributed by atoms with Gasteiger partial charge >= 0.3 is 34.7 Å². The molecule has 0 aromatic carbocycles. The Hall–Kier alpha value is 0.955. The average Bonchev–Trinajstić information content (AvgIpc) is 0. The van der Waals surface area contributed by atoms with E-state index < -0.39 is 0 Å². The Bertz CT molecular complexity index is 6.00. The van der Waals surface area contributed by atoms with Crippen molar-refractivity contribution in [1.29, 1.82) is 0 Å². The van der Waals surface area contributed by atoms with Crippen LogP contribution < -0.4 is 4.70 Å². The van der Waals surface area contributed by atoms with Gasteiger partial charge in [-0.2, -0.15) is 0 Å². The molecule has 0 aromatic heterocycles. The third-order valence-corrected chi connectivity index (χ3v) is 0. The molecule has 1 nitrogen and oxygen atoms in total. The van der Waals surface area contributed by atoms with Gasteiger partial charge in [-0.1, -0.05) is 0 Å². The van der Waals surface area contributed by atoms with Gasteiger partial charge in [-0.05, 0) is 0 Å². The molecule has 1 N–H and O–H groups in total. The van der Waals surface area contributed by atoms with Crippen LogP contribution >= 0.6 is 0 Å². The number of hydrogen-bond acceptors (Lipinski definition) is 1. The minimum absolute atomic E-state index is 0. The van der Waals surface area contributed by atoms with Crippen LogP contribution in [0.4, 0.5) is 0 Å². The first-order valence-corrected chi connectivity index (χ1v) is 0. The fourth-order valence-electron chi connectivity index (χ4n) is 0. The van der Waals surface area contributed by atoms with Gasteiger partial charge in [-0.3, -0.25) is 0 Å². The molecule has 0 heterocycles. The third kappa shape index (κ3) is 12.4. The van der Waals surface area contributed by atoms with Crippen LogP contribution in [0.15, 0.2) is 0 Å². The van der Waals surface area contributed by atoms with Crippen LogP contribution in [0.1, 0.15) is 0 Å². The summed E-state index contributed by atoms with van der Waals surface area (Å²) in [6.45, 7) is 0. The van der Waals surface area contributed by atoms with Crippen molar-refractivity contribution in [2.75, 3.05) is 0 Å². The first kappa shape index (κ1) is 85.0. The molecule has 0 rings (SSSR count). The second-order valence-corrected chi connectivity index (χ2v) is 0. The Balaban J connectivity index is 0. The van der Waals surface area contributed by atoms with Crippen LogP contribution in [-0.2, 0) is 0 Å². The summed E-state index contributed by atoms with van der Waals surface area (Å²) in [6, 6.07) is 0. The number of halogens is 1. The molecule has 0 saturated carbocycles. The second-order valence-electron chi connectivity index (χ2n) is 0. The number of hydrogen-bond donors (Lipinski definition) is 0. The topological polar surface area (TPSA) is 30.0 Å². The minimum atomic E-state index is 0. The monoisotopic (exact) mass is 90.0 g/mol.